The fourth-order valence-corrected chi connectivity index (χ4v) is 1.64. The van der Waals surface area contributed by atoms with Gasteiger partial charge in [-0.2, -0.15) is 0 Å². The van der Waals surface area contributed by atoms with E-state index in [1.54, 1.807) is 0 Å². The Morgan fingerprint density at radius 2 is 1.88 bits per heavy atom. The molecule has 1 aromatic heterocycles. The average molecular weight is 239 g/mol. The van der Waals surface area contributed by atoms with Crippen LogP contribution in [0.5, 0.6) is 0 Å². The van der Waals surface area contributed by atoms with Crippen molar-refractivity contribution in [2.24, 2.45) is 5.92 Å². The number of carboxylic acids is 1. The van der Waals surface area contributed by atoms with Crippen molar-refractivity contribution >= 4 is 11.9 Å². The van der Waals surface area contributed by atoms with Crippen LogP contribution in [-0.2, 0) is 0 Å². The summed E-state index contributed by atoms with van der Waals surface area (Å²) in [5.74, 6) is -1.29. The molecule has 0 aromatic carbocycles. The Bertz CT molecular complexity index is 408. The van der Waals surface area contributed by atoms with Crippen molar-refractivity contribution in [3.63, 3.8) is 0 Å². The third-order valence-corrected chi connectivity index (χ3v) is 2.24. The first-order valence-electron chi connectivity index (χ1n) is 5.54. The molecule has 1 rings (SSSR count). The van der Waals surface area contributed by atoms with E-state index in [0.29, 0.717) is 5.92 Å². The Morgan fingerprint density at radius 3 is 2.35 bits per heavy atom. The van der Waals surface area contributed by atoms with Gasteiger partial charge in [0.15, 0.2) is 5.76 Å². The molecular formula is C12H17NO4. The largest absolute Gasteiger partial charge is 0.475 e. The van der Waals surface area contributed by atoms with E-state index in [4.69, 9.17) is 9.52 Å². The summed E-state index contributed by atoms with van der Waals surface area (Å²) in [7, 11) is 0. The summed E-state index contributed by atoms with van der Waals surface area (Å²) < 4.78 is 4.90. The molecule has 1 aromatic rings. The smallest absolute Gasteiger partial charge is 0.371 e. The Balaban J connectivity index is 2.60. The Morgan fingerprint density at radius 1 is 1.29 bits per heavy atom. The highest BCUT2D eigenvalue weighted by Crippen LogP contribution is 2.09. The lowest BCUT2D eigenvalue weighted by Crippen LogP contribution is -2.33. The van der Waals surface area contributed by atoms with Gasteiger partial charge in [-0.25, -0.2) is 4.79 Å². The van der Waals surface area contributed by atoms with Crippen molar-refractivity contribution in [3.05, 3.63) is 23.7 Å². The number of furan rings is 1. The van der Waals surface area contributed by atoms with E-state index in [1.165, 1.54) is 12.1 Å². The Hall–Kier alpha value is -1.78. The van der Waals surface area contributed by atoms with Gasteiger partial charge in [0.1, 0.15) is 0 Å². The number of rotatable bonds is 5. The predicted octanol–water partition coefficient (Wildman–Crippen LogP) is 2.14. The van der Waals surface area contributed by atoms with Crippen molar-refractivity contribution in [3.8, 4) is 0 Å². The van der Waals surface area contributed by atoms with Crippen LogP contribution in [0.4, 0.5) is 0 Å². The molecule has 1 heterocycles. The SMILES string of the molecule is CC(C)CC(C)NC(=O)c1ccc(C(=O)O)o1. The van der Waals surface area contributed by atoms with E-state index < -0.39 is 5.97 Å². The number of amides is 1. The number of carbonyl (C=O) groups excluding carboxylic acids is 1. The van der Waals surface area contributed by atoms with Crippen LogP contribution < -0.4 is 5.32 Å². The van der Waals surface area contributed by atoms with Gasteiger partial charge in [-0.1, -0.05) is 13.8 Å². The minimum atomic E-state index is -1.18. The van der Waals surface area contributed by atoms with Crippen LogP contribution >= 0.6 is 0 Å². The van der Waals surface area contributed by atoms with E-state index >= 15 is 0 Å². The lowest BCUT2D eigenvalue weighted by molar-refractivity contribution is 0.0659. The molecule has 0 aliphatic rings. The quantitative estimate of drug-likeness (QED) is 0.825. The molecule has 0 bridgehead atoms. The van der Waals surface area contributed by atoms with Crippen LogP contribution in [-0.4, -0.2) is 23.0 Å². The zero-order valence-electron chi connectivity index (χ0n) is 10.2. The first-order valence-corrected chi connectivity index (χ1v) is 5.54. The molecule has 1 unspecified atom stereocenters. The molecular weight excluding hydrogens is 222 g/mol. The molecule has 17 heavy (non-hydrogen) atoms. The van der Waals surface area contributed by atoms with Gasteiger partial charge in [-0.3, -0.25) is 4.79 Å². The van der Waals surface area contributed by atoms with E-state index in [1.807, 2.05) is 6.92 Å². The molecule has 94 valence electrons. The summed E-state index contributed by atoms with van der Waals surface area (Å²) >= 11 is 0. The van der Waals surface area contributed by atoms with E-state index in [2.05, 4.69) is 19.2 Å². The lowest BCUT2D eigenvalue weighted by Gasteiger charge is -2.14. The molecule has 5 heteroatoms. The molecule has 0 spiro atoms. The minimum absolute atomic E-state index is 0.0259. The summed E-state index contributed by atoms with van der Waals surface area (Å²) in [5, 5.41) is 11.4. The van der Waals surface area contributed by atoms with Gasteiger partial charge >= 0.3 is 5.97 Å². The maximum Gasteiger partial charge on any atom is 0.371 e. The topological polar surface area (TPSA) is 79.5 Å². The third-order valence-electron chi connectivity index (χ3n) is 2.24. The van der Waals surface area contributed by atoms with Gasteiger partial charge in [0.2, 0.25) is 5.76 Å². The fraction of sp³-hybridized carbons (Fsp3) is 0.500. The normalized spacial score (nSPS) is 12.5. The van der Waals surface area contributed by atoms with Crippen LogP contribution in [0.25, 0.3) is 0 Å². The standard InChI is InChI=1S/C12H17NO4/c1-7(2)6-8(3)13-11(14)9-4-5-10(17-9)12(15)16/h4-5,7-8H,6H2,1-3H3,(H,13,14)(H,15,16). The zero-order valence-corrected chi connectivity index (χ0v) is 10.2. The second-order valence-electron chi connectivity index (χ2n) is 4.47. The van der Waals surface area contributed by atoms with Crippen LogP contribution in [0, 0.1) is 5.92 Å². The summed E-state index contributed by atoms with van der Waals surface area (Å²) in [5.41, 5.74) is 0. The van der Waals surface area contributed by atoms with Crippen molar-refractivity contribution in [2.75, 3.05) is 0 Å². The van der Waals surface area contributed by atoms with Gasteiger partial charge in [0.25, 0.3) is 5.91 Å². The number of hydrogen-bond acceptors (Lipinski definition) is 3. The first-order chi connectivity index (χ1) is 7.90. The van der Waals surface area contributed by atoms with Crippen LogP contribution in [0.1, 0.15) is 48.3 Å². The number of nitrogens with one attached hydrogen (secondary N) is 1. The number of carboxylic acid groups (broad SMARTS) is 1. The summed E-state index contributed by atoms with van der Waals surface area (Å²) in [6, 6.07) is 2.66. The van der Waals surface area contributed by atoms with Crippen molar-refractivity contribution in [1.29, 1.82) is 0 Å². The van der Waals surface area contributed by atoms with Crippen LogP contribution in [0.15, 0.2) is 16.5 Å². The maximum absolute atomic E-state index is 11.7. The molecule has 0 aliphatic carbocycles. The third kappa shape index (κ3) is 3.94. The van der Waals surface area contributed by atoms with E-state index in [9.17, 15) is 9.59 Å². The highest BCUT2D eigenvalue weighted by molar-refractivity contribution is 5.93. The van der Waals surface area contributed by atoms with Gasteiger partial charge in [-0.05, 0) is 31.4 Å². The molecule has 0 radical (unpaired) electrons. The lowest BCUT2D eigenvalue weighted by atomic mass is 10.1. The maximum atomic E-state index is 11.7. The van der Waals surface area contributed by atoms with Gasteiger partial charge in [0, 0.05) is 6.04 Å². The highest BCUT2D eigenvalue weighted by Gasteiger charge is 2.16. The molecule has 5 nitrogen and oxygen atoms in total. The molecule has 0 saturated carbocycles. The summed E-state index contributed by atoms with van der Waals surface area (Å²) in [4.78, 5) is 22.3. The highest BCUT2D eigenvalue weighted by atomic mass is 16.4. The number of hydrogen-bond donors (Lipinski definition) is 2. The first kappa shape index (κ1) is 13.3. The predicted molar refractivity (Wildman–Crippen MR) is 62.1 cm³/mol. The molecule has 0 fully saturated rings. The minimum Gasteiger partial charge on any atom is -0.475 e. The van der Waals surface area contributed by atoms with E-state index in [0.717, 1.165) is 6.42 Å². The van der Waals surface area contributed by atoms with Gasteiger partial charge in [0.05, 0.1) is 0 Å². The molecule has 1 atom stereocenters. The summed E-state index contributed by atoms with van der Waals surface area (Å²) in [6.45, 7) is 6.04. The second kappa shape index (κ2) is 5.52. The van der Waals surface area contributed by atoms with Crippen molar-refractivity contribution < 1.29 is 19.1 Å². The van der Waals surface area contributed by atoms with Crippen molar-refractivity contribution in [2.45, 2.75) is 33.2 Å². The molecule has 0 saturated heterocycles. The number of carbonyl (C=O) groups is 2. The zero-order chi connectivity index (χ0) is 13.0. The molecule has 1 amide bonds. The fourth-order valence-electron chi connectivity index (χ4n) is 1.64. The van der Waals surface area contributed by atoms with Gasteiger partial charge < -0.3 is 14.8 Å². The monoisotopic (exact) mass is 239 g/mol. The number of aromatic carboxylic acids is 1. The second-order valence-corrected chi connectivity index (χ2v) is 4.47. The Kier molecular flexibility index (Phi) is 4.31. The summed E-state index contributed by atoms with van der Waals surface area (Å²) in [6.07, 6.45) is 0.859. The van der Waals surface area contributed by atoms with Crippen LogP contribution in [0.3, 0.4) is 0 Å². The Labute approximate surface area is 99.8 Å². The molecule has 0 aliphatic heterocycles. The van der Waals surface area contributed by atoms with Crippen LogP contribution in [0.2, 0.25) is 0 Å². The van der Waals surface area contributed by atoms with E-state index in [-0.39, 0.29) is 23.5 Å². The average Bonchev–Trinajstić information content (AvgIpc) is 2.64. The van der Waals surface area contributed by atoms with Crippen molar-refractivity contribution in [1.82, 2.24) is 5.32 Å². The van der Waals surface area contributed by atoms with Gasteiger partial charge in [-0.15, -0.1) is 0 Å². The molecule has 2 N–H and O–H groups in total.